The van der Waals surface area contributed by atoms with E-state index in [1.807, 2.05) is 12.4 Å². The molecule has 3 rings (SSSR count). The Morgan fingerprint density at radius 3 is 2.84 bits per heavy atom. The molecule has 19 heavy (non-hydrogen) atoms. The number of rotatable bonds is 3. The van der Waals surface area contributed by atoms with Crippen molar-refractivity contribution in [1.29, 1.82) is 0 Å². The summed E-state index contributed by atoms with van der Waals surface area (Å²) in [6.07, 6.45) is 10.6. The monoisotopic (exact) mass is 259 g/mol. The van der Waals surface area contributed by atoms with Gasteiger partial charge in [-0.3, -0.25) is 9.88 Å². The van der Waals surface area contributed by atoms with Gasteiger partial charge in [-0.1, -0.05) is 12.8 Å². The summed E-state index contributed by atoms with van der Waals surface area (Å²) >= 11 is 0. The lowest BCUT2D eigenvalue weighted by molar-refractivity contribution is 0.0771. The number of fused-ring (bicyclic) bond motifs is 1. The van der Waals surface area contributed by atoms with Gasteiger partial charge < -0.3 is 4.90 Å². The summed E-state index contributed by atoms with van der Waals surface area (Å²) in [4.78, 5) is 9.48. The summed E-state index contributed by atoms with van der Waals surface area (Å²) in [5.74, 6) is 0. The van der Waals surface area contributed by atoms with E-state index in [1.165, 1.54) is 64.0 Å². The molecule has 1 aromatic heterocycles. The van der Waals surface area contributed by atoms with Crippen molar-refractivity contribution in [3.8, 4) is 0 Å². The van der Waals surface area contributed by atoms with Gasteiger partial charge in [0, 0.05) is 44.6 Å². The molecule has 1 aromatic rings. The van der Waals surface area contributed by atoms with Gasteiger partial charge in [0.2, 0.25) is 0 Å². The molecule has 0 amide bonds. The van der Waals surface area contributed by atoms with E-state index in [4.69, 9.17) is 0 Å². The van der Waals surface area contributed by atoms with Crippen LogP contribution in [-0.4, -0.2) is 53.5 Å². The van der Waals surface area contributed by atoms with Crippen molar-refractivity contribution in [3.05, 3.63) is 30.1 Å². The molecule has 3 heteroatoms. The third-order valence-electron chi connectivity index (χ3n) is 4.64. The van der Waals surface area contributed by atoms with Crippen LogP contribution in [0.4, 0.5) is 0 Å². The van der Waals surface area contributed by atoms with Crippen LogP contribution >= 0.6 is 0 Å². The van der Waals surface area contributed by atoms with Gasteiger partial charge in [0.05, 0.1) is 0 Å². The SMILES string of the molecule is c1cc(CCN2CCN3CCCCCC3C2)ccn1. The molecule has 1 unspecified atom stereocenters. The maximum absolute atomic E-state index is 4.08. The highest BCUT2D eigenvalue weighted by Gasteiger charge is 2.27. The highest BCUT2D eigenvalue weighted by Crippen LogP contribution is 2.20. The average Bonchev–Trinajstić information content (AvgIpc) is 2.71. The van der Waals surface area contributed by atoms with Gasteiger partial charge in [-0.05, 0) is 43.5 Å². The number of hydrogen-bond acceptors (Lipinski definition) is 3. The van der Waals surface area contributed by atoms with Crippen molar-refractivity contribution in [1.82, 2.24) is 14.8 Å². The first kappa shape index (κ1) is 13.1. The van der Waals surface area contributed by atoms with Crippen molar-refractivity contribution >= 4 is 0 Å². The number of piperazine rings is 1. The molecular weight excluding hydrogens is 234 g/mol. The number of aromatic nitrogens is 1. The Morgan fingerprint density at radius 2 is 1.95 bits per heavy atom. The second-order valence-corrected chi connectivity index (χ2v) is 5.95. The molecular formula is C16H25N3. The maximum atomic E-state index is 4.08. The Kier molecular flexibility index (Phi) is 4.46. The summed E-state index contributed by atoms with van der Waals surface area (Å²) in [5.41, 5.74) is 1.42. The zero-order valence-corrected chi connectivity index (χ0v) is 11.8. The normalized spacial score (nSPS) is 25.8. The smallest absolute Gasteiger partial charge is 0.0270 e. The zero-order chi connectivity index (χ0) is 12.9. The van der Waals surface area contributed by atoms with E-state index in [0.29, 0.717) is 0 Å². The van der Waals surface area contributed by atoms with E-state index in [-0.39, 0.29) is 0 Å². The van der Waals surface area contributed by atoms with E-state index < -0.39 is 0 Å². The lowest BCUT2D eigenvalue weighted by Crippen LogP contribution is -2.53. The van der Waals surface area contributed by atoms with Gasteiger partial charge in [0.25, 0.3) is 0 Å². The lowest BCUT2D eigenvalue weighted by Gasteiger charge is -2.40. The van der Waals surface area contributed by atoms with Crippen LogP contribution in [0.3, 0.4) is 0 Å². The zero-order valence-electron chi connectivity index (χ0n) is 11.8. The van der Waals surface area contributed by atoms with Gasteiger partial charge in [-0.25, -0.2) is 0 Å². The molecule has 2 aliphatic rings. The Hall–Kier alpha value is -0.930. The molecule has 0 spiro atoms. The first-order valence-electron chi connectivity index (χ1n) is 7.77. The summed E-state index contributed by atoms with van der Waals surface area (Å²) in [5, 5.41) is 0. The van der Waals surface area contributed by atoms with Crippen LogP contribution in [0.25, 0.3) is 0 Å². The topological polar surface area (TPSA) is 19.4 Å². The molecule has 1 atom stereocenters. The minimum Gasteiger partial charge on any atom is -0.300 e. The molecule has 0 aliphatic carbocycles. The van der Waals surface area contributed by atoms with Crippen molar-refractivity contribution in [2.45, 2.75) is 38.1 Å². The number of pyridine rings is 1. The summed E-state index contributed by atoms with van der Waals surface area (Å²) in [7, 11) is 0. The molecule has 104 valence electrons. The van der Waals surface area contributed by atoms with Crippen LogP contribution in [0.5, 0.6) is 0 Å². The van der Waals surface area contributed by atoms with Gasteiger partial charge in [0.1, 0.15) is 0 Å². The van der Waals surface area contributed by atoms with Crippen LogP contribution in [0.15, 0.2) is 24.5 Å². The molecule has 0 N–H and O–H groups in total. The third kappa shape index (κ3) is 3.54. The predicted octanol–water partition coefficient (Wildman–Crippen LogP) is 2.18. The largest absolute Gasteiger partial charge is 0.300 e. The fraction of sp³-hybridized carbons (Fsp3) is 0.688. The van der Waals surface area contributed by atoms with Crippen LogP contribution in [0, 0.1) is 0 Å². The fourth-order valence-corrected chi connectivity index (χ4v) is 3.44. The summed E-state index contributed by atoms with van der Waals surface area (Å²) in [6, 6.07) is 5.11. The highest BCUT2D eigenvalue weighted by atomic mass is 15.3. The van der Waals surface area contributed by atoms with E-state index >= 15 is 0 Å². The fourth-order valence-electron chi connectivity index (χ4n) is 3.44. The molecule has 2 saturated heterocycles. The predicted molar refractivity (Wildman–Crippen MR) is 78.2 cm³/mol. The summed E-state index contributed by atoms with van der Waals surface area (Å²) < 4.78 is 0. The minimum absolute atomic E-state index is 0.827. The lowest BCUT2D eigenvalue weighted by atomic mass is 10.1. The molecule has 0 saturated carbocycles. The molecule has 3 nitrogen and oxygen atoms in total. The highest BCUT2D eigenvalue weighted by molar-refractivity contribution is 5.10. The molecule has 2 aliphatic heterocycles. The van der Waals surface area contributed by atoms with E-state index in [1.54, 1.807) is 0 Å². The van der Waals surface area contributed by atoms with E-state index in [9.17, 15) is 0 Å². The van der Waals surface area contributed by atoms with Gasteiger partial charge in [-0.15, -0.1) is 0 Å². The van der Waals surface area contributed by atoms with Crippen molar-refractivity contribution in [2.75, 3.05) is 32.7 Å². The van der Waals surface area contributed by atoms with Crippen LogP contribution < -0.4 is 0 Å². The Morgan fingerprint density at radius 1 is 1.05 bits per heavy atom. The third-order valence-corrected chi connectivity index (χ3v) is 4.64. The van der Waals surface area contributed by atoms with E-state index in [2.05, 4.69) is 26.9 Å². The molecule has 2 fully saturated rings. The first-order chi connectivity index (χ1) is 9.42. The molecule has 0 radical (unpaired) electrons. The molecule has 3 heterocycles. The second kappa shape index (κ2) is 6.49. The van der Waals surface area contributed by atoms with Crippen molar-refractivity contribution in [2.24, 2.45) is 0 Å². The molecule has 0 aromatic carbocycles. The number of nitrogens with zero attached hydrogens (tertiary/aromatic N) is 3. The molecule has 0 bridgehead atoms. The Balaban J connectivity index is 1.50. The van der Waals surface area contributed by atoms with Crippen LogP contribution in [0.2, 0.25) is 0 Å². The quantitative estimate of drug-likeness (QED) is 0.829. The van der Waals surface area contributed by atoms with Crippen molar-refractivity contribution in [3.63, 3.8) is 0 Å². The second-order valence-electron chi connectivity index (χ2n) is 5.95. The van der Waals surface area contributed by atoms with Crippen LogP contribution in [-0.2, 0) is 6.42 Å². The van der Waals surface area contributed by atoms with Crippen molar-refractivity contribution < 1.29 is 0 Å². The Labute approximate surface area is 116 Å². The number of hydrogen-bond donors (Lipinski definition) is 0. The minimum atomic E-state index is 0.827. The summed E-state index contributed by atoms with van der Waals surface area (Å²) in [6.45, 7) is 6.35. The standard InChI is InChI=1S/C16H25N3/c1-2-4-16-14-18(12-13-19(16)10-3-1)11-7-15-5-8-17-9-6-15/h5-6,8-9,16H,1-4,7,10-14H2. The maximum Gasteiger partial charge on any atom is 0.0270 e. The van der Waals surface area contributed by atoms with Crippen LogP contribution in [0.1, 0.15) is 31.2 Å². The van der Waals surface area contributed by atoms with Gasteiger partial charge in [-0.2, -0.15) is 0 Å². The Bertz CT molecular complexity index is 379. The average molecular weight is 259 g/mol. The van der Waals surface area contributed by atoms with Gasteiger partial charge in [0.15, 0.2) is 0 Å². The van der Waals surface area contributed by atoms with E-state index in [0.717, 1.165) is 12.5 Å². The first-order valence-corrected chi connectivity index (χ1v) is 7.77. The van der Waals surface area contributed by atoms with Gasteiger partial charge >= 0.3 is 0 Å².